The number of likely N-dealkylation sites (tertiary alicyclic amines) is 1. The first-order chi connectivity index (χ1) is 13.7. The molecule has 2 aliphatic heterocycles. The minimum Gasteiger partial charge on any atom is -0.475 e. The van der Waals surface area contributed by atoms with E-state index in [4.69, 9.17) is 19.9 Å². The Labute approximate surface area is 166 Å². The van der Waals surface area contributed by atoms with E-state index in [1.54, 1.807) is 31.4 Å². The van der Waals surface area contributed by atoms with Crippen LogP contribution in [0.15, 0.2) is 24.3 Å². The van der Waals surface area contributed by atoms with E-state index in [1.165, 1.54) is 0 Å². The number of nitriles is 1. The minimum atomic E-state index is -5.08. The van der Waals surface area contributed by atoms with Crippen LogP contribution in [0.2, 0.25) is 0 Å². The van der Waals surface area contributed by atoms with Crippen molar-refractivity contribution in [2.45, 2.75) is 31.1 Å². The average Bonchev–Trinajstić information content (AvgIpc) is 2.92. The molecule has 0 aromatic heterocycles. The molecule has 158 valence electrons. The number of halogens is 3. The second-order valence-corrected chi connectivity index (χ2v) is 6.82. The number of nitrogens with zero attached hydrogens (tertiary/aromatic N) is 3. The first kappa shape index (κ1) is 22.6. The van der Waals surface area contributed by atoms with Gasteiger partial charge in [-0.25, -0.2) is 4.79 Å². The second-order valence-electron chi connectivity index (χ2n) is 6.82. The number of aliphatic carboxylic acids is 1. The number of rotatable bonds is 4. The Morgan fingerprint density at radius 1 is 1.28 bits per heavy atom. The molecule has 1 aromatic rings. The van der Waals surface area contributed by atoms with Gasteiger partial charge in [0.2, 0.25) is 0 Å². The zero-order valence-electron chi connectivity index (χ0n) is 15.9. The third-order valence-electron chi connectivity index (χ3n) is 4.96. The molecular weight excluding hydrogens is 391 g/mol. The number of carbonyl (C=O) groups excluding carboxylic acids is 1. The van der Waals surface area contributed by atoms with Crippen LogP contribution in [0.1, 0.15) is 28.8 Å². The maximum atomic E-state index is 12.7. The number of hydrogen-bond donors (Lipinski definition) is 1. The molecule has 10 heteroatoms. The number of hydrogen-bond acceptors (Lipinski definition) is 5. The normalized spacial score (nSPS) is 21.1. The largest absolute Gasteiger partial charge is 0.490 e. The summed E-state index contributed by atoms with van der Waals surface area (Å²) in [4.78, 5) is 26.0. The van der Waals surface area contributed by atoms with Gasteiger partial charge in [-0.05, 0) is 31.0 Å². The van der Waals surface area contributed by atoms with Crippen LogP contribution in [0, 0.1) is 11.3 Å². The van der Waals surface area contributed by atoms with Crippen LogP contribution in [0.3, 0.4) is 0 Å². The topological polar surface area (TPSA) is 93.9 Å². The van der Waals surface area contributed by atoms with Crippen LogP contribution in [0.5, 0.6) is 0 Å². The fraction of sp³-hybridized carbons (Fsp3) is 0.526. The van der Waals surface area contributed by atoms with E-state index < -0.39 is 12.1 Å². The van der Waals surface area contributed by atoms with Crippen LogP contribution in [-0.2, 0) is 9.53 Å². The third-order valence-corrected chi connectivity index (χ3v) is 4.96. The van der Waals surface area contributed by atoms with Gasteiger partial charge in [-0.15, -0.1) is 0 Å². The zero-order valence-corrected chi connectivity index (χ0v) is 15.9. The first-order valence-corrected chi connectivity index (χ1v) is 9.01. The molecule has 2 bridgehead atoms. The number of benzene rings is 1. The number of piperazine rings is 1. The summed E-state index contributed by atoms with van der Waals surface area (Å²) in [5, 5.41) is 16.1. The van der Waals surface area contributed by atoms with E-state index >= 15 is 0 Å². The lowest BCUT2D eigenvalue weighted by atomic mass is 10.1. The minimum absolute atomic E-state index is 0.0420. The Hall–Kier alpha value is -2.64. The molecule has 2 saturated heterocycles. The highest BCUT2D eigenvalue weighted by Gasteiger charge is 2.41. The van der Waals surface area contributed by atoms with Crippen LogP contribution >= 0.6 is 0 Å². The summed E-state index contributed by atoms with van der Waals surface area (Å²) >= 11 is 0. The van der Waals surface area contributed by atoms with Gasteiger partial charge in [0, 0.05) is 44.4 Å². The molecule has 7 nitrogen and oxygen atoms in total. The summed E-state index contributed by atoms with van der Waals surface area (Å²) < 4.78 is 36.9. The Balaban J connectivity index is 0.000000370. The van der Waals surface area contributed by atoms with Crippen molar-refractivity contribution >= 4 is 11.9 Å². The molecule has 1 N–H and O–H groups in total. The SMILES string of the molecule is COCCN1C2CCC1CN(C(=O)c1cccc(C#N)c1)C2.O=C(O)C(F)(F)F. The number of carboxylic acids is 1. The Morgan fingerprint density at radius 2 is 1.86 bits per heavy atom. The second kappa shape index (κ2) is 9.71. The highest BCUT2D eigenvalue weighted by Crippen LogP contribution is 2.30. The van der Waals surface area contributed by atoms with E-state index in [-0.39, 0.29) is 5.91 Å². The number of alkyl halides is 3. The molecule has 1 aromatic carbocycles. The lowest BCUT2D eigenvalue weighted by molar-refractivity contribution is -0.192. The van der Waals surface area contributed by atoms with E-state index in [1.807, 2.05) is 4.90 Å². The molecule has 1 amide bonds. The number of carbonyl (C=O) groups is 2. The third kappa shape index (κ3) is 5.92. The first-order valence-electron chi connectivity index (χ1n) is 9.01. The summed E-state index contributed by atoms with van der Waals surface area (Å²) in [7, 11) is 1.73. The Morgan fingerprint density at radius 3 is 2.34 bits per heavy atom. The van der Waals surface area contributed by atoms with Gasteiger partial charge in [0.05, 0.1) is 18.2 Å². The number of carboxylic acid groups (broad SMARTS) is 1. The summed E-state index contributed by atoms with van der Waals surface area (Å²) in [6.45, 7) is 3.23. The monoisotopic (exact) mass is 413 g/mol. The standard InChI is InChI=1S/C17H21N3O2.C2HF3O2/c1-22-8-7-20-15-5-6-16(20)12-19(11-15)17(21)14-4-2-3-13(9-14)10-18;3-2(4,5)1(6)7/h2-4,9,15-16H,5-8,11-12H2,1H3;(H,6,7). The summed E-state index contributed by atoms with van der Waals surface area (Å²) in [6, 6.07) is 9.95. The predicted octanol–water partition coefficient (Wildman–Crippen LogP) is 2.13. The molecule has 0 aliphatic carbocycles. The quantitative estimate of drug-likeness (QED) is 0.813. The van der Waals surface area contributed by atoms with E-state index in [0.717, 1.165) is 39.1 Å². The highest BCUT2D eigenvalue weighted by atomic mass is 19.4. The maximum absolute atomic E-state index is 12.7. The fourth-order valence-corrected chi connectivity index (χ4v) is 3.62. The predicted molar refractivity (Wildman–Crippen MR) is 96.1 cm³/mol. The van der Waals surface area contributed by atoms with Crippen LogP contribution in [0.4, 0.5) is 13.2 Å². The van der Waals surface area contributed by atoms with Crippen LogP contribution < -0.4 is 0 Å². The van der Waals surface area contributed by atoms with Crippen molar-refractivity contribution in [2.75, 3.05) is 33.4 Å². The Bertz CT molecular complexity index is 765. The summed E-state index contributed by atoms with van der Waals surface area (Å²) in [5.74, 6) is -2.71. The lowest BCUT2D eigenvalue weighted by Crippen LogP contribution is -2.55. The van der Waals surface area contributed by atoms with Crippen molar-refractivity contribution in [2.24, 2.45) is 0 Å². The van der Waals surface area contributed by atoms with Crippen molar-refractivity contribution in [1.82, 2.24) is 9.80 Å². The fourth-order valence-electron chi connectivity index (χ4n) is 3.62. The van der Waals surface area contributed by atoms with Crippen molar-refractivity contribution in [3.8, 4) is 6.07 Å². The van der Waals surface area contributed by atoms with Gasteiger partial charge in [-0.2, -0.15) is 18.4 Å². The number of amides is 1. The molecule has 2 unspecified atom stereocenters. The average molecular weight is 413 g/mol. The Kier molecular flexibility index (Phi) is 7.59. The zero-order chi connectivity index (χ0) is 21.6. The molecule has 2 heterocycles. The molecule has 3 rings (SSSR count). The van der Waals surface area contributed by atoms with Crippen LogP contribution in [0.25, 0.3) is 0 Å². The molecule has 0 spiro atoms. The van der Waals surface area contributed by atoms with Gasteiger partial charge in [-0.1, -0.05) is 6.07 Å². The van der Waals surface area contributed by atoms with Gasteiger partial charge >= 0.3 is 12.1 Å². The highest BCUT2D eigenvalue weighted by molar-refractivity contribution is 5.94. The van der Waals surface area contributed by atoms with Gasteiger partial charge in [-0.3, -0.25) is 9.69 Å². The van der Waals surface area contributed by atoms with Crippen molar-refractivity contribution in [1.29, 1.82) is 5.26 Å². The summed E-state index contributed by atoms with van der Waals surface area (Å²) in [5.41, 5.74) is 1.15. The number of ether oxygens (including phenoxy) is 1. The number of methoxy groups -OCH3 is 1. The van der Waals surface area contributed by atoms with Gasteiger partial charge in [0.25, 0.3) is 5.91 Å². The van der Waals surface area contributed by atoms with E-state index in [2.05, 4.69) is 11.0 Å². The van der Waals surface area contributed by atoms with Gasteiger partial charge in [0.1, 0.15) is 0 Å². The van der Waals surface area contributed by atoms with Crippen molar-refractivity contribution < 1.29 is 32.6 Å². The van der Waals surface area contributed by atoms with E-state index in [9.17, 15) is 18.0 Å². The molecule has 2 aliphatic rings. The van der Waals surface area contributed by atoms with Crippen molar-refractivity contribution in [3.63, 3.8) is 0 Å². The maximum Gasteiger partial charge on any atom is 0.490 e. The molecule has 0 radical (unpaired) electrons. The number of fused-ring (bicyclic) bond motifs is 2. The lowest BCUT2D eigenvalue weighted by Gasteiger charge is -2.41. The molecule has 2 atom stereocenters. The molecular formula is C19H22F3N3O4. The molecule has 0 saturated carbocycles. The van der Waals surface area contributed by atoms with Crippen LogP contribution in [-0.4, -0.2) is 78.4 Å². The molecule has 29 heavy (non-hydrogen) atoms. The molecule has 2 fully saturated rings. The van der Waals surface area contributed by atoms with Crippen molar-refractivity contribution in [3.05, 3.63) is 35.4 Å². The smallest absolute Gasteiger partial charge is 0.475 e. The summed E-state index contributed by atoms with van der Waals surface area (Å²) in [6.07, 6.45) is -2.78. The van der Waals surface area contributed by atoms with Gasteiger partial charge in [0.15, 0.2) is 0 Å². The van der Waals surface area contributed by atoms with Gasteiger partial charge < -0.3 is 14.7 Å². The van der Waals surface area contributed by atoms with E-state index in [0.29, 0.717) is 23.2 Å².